The van der Waals surface area contributed by atoms with Gasteiger partial charge in [-0.2, -0.15) is 0 Å². The van der Waals surface area contributed by atoms with Crippen LogP contribution in [0.5, 0.6) is 0 Å². The van der Waals surface area contributed by atoms with E-state index in [2.05, 4.69) is 9.97 Å². The summed E-state index contributed by atoms with van der Waals surface area (Å²) in [5.74, 6) is -1.53. The number of carboxylic acid groups (broad SMARTS) is 1. The van der Waals surface area contributed by atoms with Crippen LogP contribution in [0, 0.1) is 0 Å². The van der Waals surface area contributed by atoms with Gasteiger partial charge in [-0.05, 0) is 0 Å². The summed E-state index contributed by atoms with van der Waals surface area (Å²) in [4.78, 5) is 17.1. The lowest BCUT2D eigenvalue weighted by Gasteiger charge is -2.01. The number of hydrogen-bond acceptors (Lipinski definition) is 5. The maximum absolute atomic E-state index is 10.1. The van der Waals surface area contributed by atoms with Crippen molar-refractivity contribution in [2.24, 2.45) is 0 Å². The molecule has 0 saturated heterocycles. The van der Waals surface area contributed by atoms with E-state index in [0.29, 0.717) is 0 Å². The van der Waals surface area contributed by atoms with Gasteiger partial charge in [-0.3, -0.25) is 0 Å². The molecule has 0 aliphatic rings. The highest BCUT2D eigenvalue weighted by Gasteiger charge is 1.98. The van der Waals surface area contributed by atoms with E-state index in [1.807, 2.05) is 0 Å². The Morgan fingerprint density at radius 2 is 2.10 bits per heavy atom. The lowest BCUT2D eigenvalue weighted by Crippen LogP contribution is -2.25. The van der Waals surface area contributed by atoms with Crippen LogP contribution in [0.25, 0.3) is 0 Å². The third-order valence-electron chi connectivity index (χ3n) is 0.920. The molecule has 1 heterocycles. The number of nitrogen functional groups attached to an aromatic ring is 1. The smallest absolute Gasteiger partial charge is 0.151 e. The number of carbonyl (C=O) groups is 1. The summed E-state index contributed by atoms with van der Waals surface area (Å²) in [6.07, 6.45) is 2.54. The van der Waals surface area contributed by atoms with Crippen molar-refractivity contribution in [3.8, 4) is 0 Å². The third kappa shape index (κ3) is 1.02. The number of aromatic carboxylic acids is 1. The molecule has 0 aliphatic carbocycles. The Kier molecular flexibility index (Phi) is 1.49. The Morgan fingerprint density at radius 3 is 2.50 bits per heavy atom. The van der Waals surface area contributed by atoms with Crippen molar-refractivity contribution in [3.63, 3.8) is 0 Å². The topological polar surface area (TPSA) is 91.9 Å². The number of carboxylic acids is 1. The van der Waals surface area contributed by atoms with Gasteiger partial charge in [-0.15, -0.1) is 0 Å². The Balaban J connectivity index is 3.15. The van der Waals surface area contributed by atoms with E-state index < -0.39 is 5.97 Å². The first-order valence-electron chi connectivity index (χ1n) is 2.49. The van der Waals surface area contributed by atoms with Gasteiger partial charge in [0.15, 0.2) is 5.82 Å². The molecule has 0 fully saturated rings. The molecule has 0 aliphatic heterocycles. The lowest BCUT2D eigenvalue weighted by atomic mass is 10.4. The van der Waals surface area contributed by atoms with E-state index in [9.17, 15) is 9.90 Å². The van der Waals surface area contributed by atoms with Crippen LogP contribution in [0.1, 0.15) is 10.5 Å². The fraction of sp³-hybridized carbons (Fsp3) is 0. The fourth-order valence-corrected chi connectivity index (χ4v) is 0.506. The SMILES string of the molecule is Nc1nccnc1C(=O)[O-]. The van der Waals surface area contributed by atoms with E-state index in [4.69, 9.17) is 5.73 Å². The number of anilines is 1. The molecule has 0 atom stereocenters. The molecule has 10 heavy (non-hydrogen) atoms. The lowest BCUT2D eigenvalue weighted by molar-refractivity contribution is -0.255. The zero-order valence-electron chi connectivity index (χ0n) is 4.94. The Morgan fingerprint density at radius 1 is 1.50 bits per heavy atom. The number of rotatable bonds is 1. The van der Waals surface area contributed by atoms with Gasteiger partial charge in [-0.1, -0.05) is 0 Å². The zero-order valence-corrected chi connectivity index (χ0v) is 4.94. The molecular weight excluding hydrogens is 134 g/mol. The Bertz CT molecular complexity index is 261. The van der Waals surface area contributed by atoms with Crippen LogP contribution in [0.2, 0.25) is 0 Å². The average Bonchev–Trinajstić information content (AvgIpc) is 1.88. The monoisotopic (exact) mass is 138 g/mol. The van der Waals surface area contributed by atoms with E-state index in [1.54, 1.807) is 0 Å². The molecule has 0 aromatic carbocycles. The molecule has 0 bridgehead atoms. The van der Waals surface area contributed by atoms with E-state index >= 15 is 0 Å². The average molecular weight is 138 g/mol. The fourth-order valence-electron chi connectivity index (χ4n) is 0.506. The molecular formula is C5H4N3O2-. The first kappa shape index (κ1) is 6.47. The zero-order chi connectivity index (χ0) is 7.56. The van der Waals surface area contributed by atoms with Crippen LogP contribution in [0.4, 0.5) is 5.82 Å². The summed E-state index contributed by atoms with van der Waals surface area (Å²) in [7, 11) is 0. The van der Waals surface area contributed by atoms with Crippen molar-refractivity contribution < 1.29 is 9.90 Å². The van der Waals surface area contributed by atoms with Gasteiger partial charge in [0.25, 0.3) is 0 Å². The number of nitrogens with two attached hydrogens (primary N) is 1. The molecule has 0 saturated carbocycles. The van der Waals surface area contributed by atoms with Crippen LogP contribution in [0.15, 0.2) is 12.4 Å². The quantitative estimate of drug-likeness (QED) is 0.505. The molecule has 5 nitrogen and oxygen atoms in total. The standard InChI is InChI=1S/C5H5N3O2/c6-4-3(5(9)10)7-1-2-8-4/h1-2H,(H2,6,8)(H,9,10)/p-1. The summed E-state index contributed by atoms with van der Waals surface area (Å²) in [5.41, 5.74) is 4.81. The number of nitrogens with zero attached hydrogens (tertiary/aromatic N) is 2. The largest absolute Gasteiger partial charge is 0.543 e. The molecule has 52 valence electrons. The van der Waals surface area contributed by atoms with E-state index in [0.717, 1.165) is 0 Å². The van der Waals surface area contributed by atoms with Crippen molar-refractivity contribution in [2.75, 3.05) is 5.73 Å². The highest BCUT2D eigenvalue weighted by Crippen LogP contribution is 1.99. The van der Waals surface area contributed by atoms with Crippen LogP contribution in [-0.4, -0.2) is 15.9 Å². The van der Waals surface area contributed by atoms with E-state index in [1.165, 1.54) is 12.4 Å². The summed E-state index contributed by atoms with van der Waals surface area (Å²) >= 11 is 0. The van der Waals surface area contributed by atoms with E-state index in [-0.39, 0.29) is 11.5 Å². The summed E-state index contributed by atoms with van der Waals surface area (Å²) in [6, 6.07) is 0. The molecule has 0 spiro atoms. The molecule has 0 amide bonds. The molecule has 1 aromatic rings. The maximum Gasteiger partial charge on any atom is 0.151 e. The van der Waals surface area contributed by atoms with Gasteiger partial charge in [-0.25, -0.2) is 9.97 Å². The highest BCUT2D eigenvalue weighted by atomic mass is 16.4. The second kappa shape index (κ2) is 2.30. The van der Waals surface area contributed by atoms with Crippen LogP contribution in [0.3, 0.4) is 0 Å². The van der Waals surface area contributed by atoms with Gasteiger partial charge in [0.2, 0.25) is 0 Å². The van der Waals surface area contributed by atoms with Crippen molar-refractivity contribution >= 4 is 11.8 Å². The Hall–Kier alpha value is -1.65. The molecule has 0 unspecified atom stereocenters. The predicted octanol–water partition coefficient (Wildman–Crippen LogP) is -1.58. The minimum atomic E-state index is -1.41. The van der Waals surface area contributed by atoms with Gasteiger partial charge in [0.05, 0.1) is 5.97 Å². The third-order valence-corrected chi connectivity index (χ3v) is 0.920. The van der Waals surface area contributed by atoms with Gasteiger partial charge >= 0.3 is 0 Å². The van der Waals surface area contributed by atoms with Crippen LogP contribution < -0.4 is 10.8 Å². The summed E-state index contributed by atoms with van der Waals surface area (Å²) in [5, 5.41) is 10.1. The Labute approximate surface area is 56.5 Å². The van der Waals surface area contributed by atoms with Crippen molar-refractivity contribution in [1.29, 1.82) is 0 Å². The molecule has 0 radical (unpaired) electrons. The van der Waals surface area contributed by atoms with Crippen molar-refractivity contribution in [1.82, 2.24) is 9.97 Å². The summed E-state index contributed by atoms with van der Waals surface area (Å²) in [6.45, 7) is 0. The van der Waals surface area contributed by atoms with Crippen LogP contribution in [-0.2, 0) is 0 Å². The minimum Gasteiger partial charge on any atom is -0.543 e. The number of aromatic nitrogens is 2. The van der Waals surface area contributed by atoms with Gasteiger partial charge < -0.3 is 15.6 Å². The maximum atomic E-state index is 10.1. The van der Waals surface area contributed by atoms with Crippen molar-refractivity contribution in [2.45, 2.75) is 0 Å². The molecule has 5 heteroatoms. The second-order valence-electron chi connectivity index (χ2n) is 1.58. The number of hydrogen-bond donors (Lipinski definition) is 1. The van der Waals surface area contributed by atoms with Gasteiger partial charge in [0.1, 0.15) is 5.69 Å². The van der Waals surface area contributed by atoms with Gasteiger partial charge in [0, 0.05) is 12.4 Å². The van der Waals surface area contributed by atoms with Crippen molar-refractivity contribution in [3.05, 3.63) is 18.1 Å². The first-order chi connectivity index (χ1) is 4.72. The highest BCUT2D eigenvalue weighted by molar-refractivity contribution is 5.88. The number of carbonyl (C=O) groups excluding carboxylic acids is 1. The molecule has 2 N–H and O–H groups in total. The predicted molar refractivity (Wildman–Crippen MR) is 30.8 cm³/mol. The van der Waals surface area contributed by atoms with Crippen LogP contribution >= 0.6 is 0 Å². The minimum absolute atomic E-state index is 0.123. The second-order valence-corrected chi connectivity index (χ2v) is 1.58. The molecule has 1 aromatic heterocycles. The normalized spacial score (nSPS) is 9.20. The molecule has 1 rings (SSSR count). The first-order valence-corrected chi connectivity index (χ1v) is 2.49. The summed E-state index contributed by atoms with van der Waals surface area (Å²) < 4.78 is 0.